The van der Waals surface area contributed by atoms with Crippen LogP contribution in [0, 0.1) is 55.4 Å². The smallest absolute Gasteiger partial charge is 0.335 e. The van der Waals surface area contributed by atoms with Crippen LogP contribution in [-0.2, 0) is 0 Å². The summed E-state index contributed by atoms with van der Waals surface area (Å²) in [5, 5.41) is 63.2. The third-order valence-electron chi connectivity index (χ3n) is 10.2. The second-order valence-electron chi connectivity index (χ2n) is 14.8. The van der Waals surface area contributed by atoms with Gasteiger partial charge in [-0.15, -0.1) is 0 Å². The molecule has 16 nitrogen and oxygen atoms in total. The number of H-pyrrole nitrogens is 4. The van der Waals surface area contributed by atoms with E-state index in [1.165, 1.54) is 0 Å². The van der Waals surface area contributed by atoms with Crippen molar-refractivity contribution in [3.05, 3.63) is 165 Å². The topological polar surface area (TPSA) is 264 Å². The summed E-state index contributed by atoms with van der Waals surface area (Å²) in [5.41, 5.74) is 16.9. The fraction of sp³-hybridized carbons (Fsp3) is 0.167. The third kappa shape index (κ3) is 11.1. The van der Waals surface area contributed by atoms with E-state index >= 15 is 0 Å². The van der Waals surface area contributed by atoms with Gasteiger partial charge in [0.15, 0.2) is 0 Å². The average Bonchev–Trinajstić information content (AvgIpc) is 4.01. The molecule has 0 amide bonds. The molecule has 4 aromatic carbocycles. The SMILES string of the molecule is Cc1n[nH]c(C)c1-c1ccc(C(=O)O)cc1.Cc1n[nH]c(C)c1-c1ccc(C(=O)O)cc1.Cc1n[nH]c(C)c1-c1ccc(C(=O)O)cc1.Cc1n[nH]c(C)c1-c1ccc(C(=O)O)cc1. The van der Waals surface area contributed by atoms with Gasteiger partial charge in [0.05, 0.1) is 45.0 Å². The Labute approximate surface area is 368 Å². The van der Waals surface area contributed by atoms with Crippen LogP contribution in [0.5, 0.6) is 0 Å². The van der Waals surface area contributed by atoms with Gasteiger partial charge < -0.3 is 20.4 Å². The van der Waals surface area contributed by atoms with E-state index in [4.69, 9.17) is 20.4 Å². The molecule has 8 N–H and O–H groups in total. The van der Waals surface area contributed by atoms with E-state index in [-0.39, 0.29) is 0 Å². The highest BCUT2D eigenvalue weighted by Gasteiger charge is 2.13. The van der Waals surface area contributed by atoms with Gasteiger partial charge in [-0.2, -0.15) is 20.4 Å². The molecule has 328 valence electrons. The number of hydrogen-bond acceptors (Lipinski definition) is 8. The summed E-state index contributed by atoms with van der Waals surface area (Å²) in [5.74, 6) is -3.64. The van der Waals surface area contributed by atoms with Gasteiger partial charge in [0.25, 0.3) is 0 Å². The molecule has 0 radical (unpaired) electrons. The number of aromatic nitrogens is 8. The molecule has 0 aliphatic carbocycles. The summed E-state index contributed by atoms with van der Waals surface area (Å²) in [7, 11) is 0. The number of hydrogen-bond donors (Lipinski definition) is 8. The average molecular weight is 865 g/mol. The maximum atomic E-state index is 10.7. The van der Waals surface area contributed by atoms with Crippen LogP contribution in [0.4, 0.5) is 0 Å². The van der Waals surface area contributed by atoms with Crippen molar-refractivity contribution < 1.29 is 39.6 Å². The molecule has 0 aliphatic rings. The van der Waals surface area contributed by atoms with Crippen molar-refractivity contribution in [1.29, 1.82) is 0 Å². The molecular weight excluding hydrogens is 817 g/mol. The first-order chi connectivity index (χ1) is 30.4. The van der Waals surface area contributed by atoms with E-state index in [1.54, 1.807) is 97.1 Å². The number of nitrogens with one attached hydrogen (secondary N) is 4. The minimum Gasteiger partial charge on any atom is -0.478 e. The number of carboxylic acids is 4. The number of nitrogens with zero attached hydrogens (tertiary/aromatic N) is 4. The van der Waals surface area contributed by atoms with Gasteiger partial charge in [0, 0.05) is 45.0 Å². The standard InChI is InChI=1S/4C12H12N2O2/c4*1-7-11(8(2)14-13-7)9-3-5-10(6-4-9)12(15)16/h4*3-6H,1-2H3,(H,13,14)(H,15,16). The normalized spacial score (nSPS) is 10.4. The summed E-state index contributed by atoms with van der Waals surface area (Å²) < 4.78 is 0. The highest BCUT2D eigenvalue weighted by molar-refractivity contribution is 5.90. The molecule has 0 fully saturated rings. The highest BCUT2D eigenvalue weighted by Crippen LogP contribution is 2.28. The fourth-order valence-corrected chi connectivity index (χ4v) is 7.02. The van der Waals surface area contributed by atoms with Crippen molar-refractivity contribution in [2.24, 2.45) is 0 Å². The number of aryl methyl sites for hydroxylation is 8. The Morgan fingerprint density at radius 2 is 0.469 bits per heavy atom. The van der Waals surface area contributed by atoms with Crippen LogP contribution in [0.25, 0.3) is 44.5 Å². The first-order valence-corrected chi connectivity index (χ1v) is 19.8. The van der Waals surface area contributed by atoms with Crippen LogP contribution >= 0.6 is 0 Å². The maximum absolute atomic E-state index is 10.7. The van der Waals surface area contributed by atoms with Crippen LogP contribution in [-0.4, -0.2) is 85.1 Å². The number of benzene rings is 4. The van der Waals surface area contributed by atoms with Crippen LogP contribution in [0.3, 0.4) is 0 Å². The molecule has 8 rings (SSSR count). The Kier molecular flexibility index (Phi) is 14.9. The summed E-state index contributed by atoms with van der Waals surface area (Å²) in [6.45, 7) is 15.5. The van der Waals surface area contributed by atoms with Crippen molar-refractivity contribution >= 4 is 23.9 Å². The van der Waals surface area contributed by atoms with Gasteiger partial charge in [0.1, 0.15) is 0 Å². The Hall–Kier alpha value is -8.40. The van der Waals surface area contributed by atoms with Gasteiger partial charge in [-0.3, -0.25) is 20.4 Å². The molecule has 8 aromatic rings. The summed E-state index contributed by atoms with van der Waals surface area (Å²) in [4.78, 5) is 42.9. The van der Waals surface area contributed by atoms with Crippen molar-refractivity contribution in [1.82, 2.24) is 40.8 Å². The van der Waals surface area contributed by atoms with Gasteiger partial charge in [0.2, 0.25) is 0 Å². The predicted molar refractivity (Wildman–Crippen MR) is 242 cm³/mol. The zero-order valence-electron chi connectivity index (χ0n) is 36.4. The van der Waals surface area contributed by atoms with E-state index in [2.05, 4.69) is 40.8 Å². The molecule has 0 aliphatic heterocycles. The predicted octanol–water partition coefficient (Wildman–Crippen LogP) is 9.57. The first kappa shape index (κ1) is 46.7. The van der Waals surface area contributed by atoms with Gasteiger partial charge in [-0.1, -0.05) is 48.5 Å². The lowest BCUT2D eigenvalue weighted by Gasteiger charge is -2.02. The number of rotatable bonds is 8. The Balaban J connectivity index is 0.000000161. The number of carbonyl (C=O) groups is 4. The monoisotopic (exact) mass is 864 g/mol. The Morgan fingerprint density at radius 1 is 0.312 bits per heavy atom. The van der Waals surface area contributed by atoms with E-state index in [9.17, 15) is 19.2 Å². The minimum absolute atomic E-state index is 0.294. The molecule has 16 heteroatoms. The van der Waals surface area contributed by atoms with Crippen molar-refractivity contribution in [2.75, 3.05) is 0 Å². The molecule has 64 heavy (non-hydrogen) atoms. The van der Waals surface area contributed by atoms with Crippen LogP contribution < -0.4 is 0 Å². The van der Waals surface area contributed by atoms with E-state index in [0.717, 1.165) is 90.1 Å². The molecule has 0 atom stereocenters. The summed E-state index contributed by atoms with van der Waals surface area (Å²) >= 11 is 0. The summed E-state index contributed by atoms with van der Waals surface area (Å²) in [6, 6.07) is 27.2. The van der Waals surface area contributed by atoms with Crippen molar-refractivity contribution in [3.63, 3.8) is 0 Å². The molecule has 4 heterocycles. The Morgan fingerprint density at radius 3 is 0.578 bits per heavy atom. The van der Waals surface area contributed by atoms with Crippen LogP contribution in [0.15, 0.2) is 97.1 Å². The summed E-state index contributed by atoms with van der Waals surface area (Å²) in [6.07, 6.45) is 0. The van der Waals surface area contributed by atoms with E-state index in [1.807, 2.05) is 55.4 Å². The quantitative estimate of drug-likeness (QED) is 0.0710. The second-order valence-corrected chi connectivity index (χ2v) is 14.8. The largest absolute Gasteiger partial charge is 0.478 e. The zero-order chi connectivity index (χ0) is 46.8. The highest BCUT2D eigenvalue weighted by atomic mass is 16.4. The Bertz CT molecular complexity index is 2430. The second kappa shape index (κ2) is 20.4. The molecular formula is C48H48N8O8. The molecule has 4 aromatic heterocycles. The molecule has 0 unspecified atom stereocenters. The van der Waals surface area contributed by atoms with Crippen molar-refractivity contribution in [3.8, 4) is 44.5 Å². The fourth-order valence-electron chi connectivity index (χ4n) is 7.02. The molecule has 0 saturated heterocycles. The minimum atomic E-state index is -0.910. The zero-order valence-corrected chi connectivity index (χ0v) is 36.4. The molecule has 0 bridgehead atoms. The van der Waals surface area contributed by atoms with E-state index < -0.39 is 23.9 Å². The van der Waals surface area contributed by atoms with Gasteiger partial charge in [-0.25, -0.2) is 19.2 Å². The lowest BCUT2D eigenvalue weighted by molar-refractivity contribution is 0.0686. The van der Waals surface area contributed by atoms with E-state index in [0.29, 0.717) is 22.3 Å². The lowest BCUT2D eigenvalue weighted by Crippen LogP contribution is -1.95. The third-order valence-corrected chi connectivity index (χ3v) is 10.2. The number of carboxylic acid groups (broad SMARTS) is 4. The number of aromatic carboxylic acids is 4. The maximum Gasteiger partial charge on any atom is 0.335 e. The van der Waals surface area contributed by atoms with Crippen molar-refractivity contribution in [2.45, 2.75) is 55.4 Å². The lowest BCUT2D eigenvalue weighted by atomic mass is 10.0. The molecule has 0 spiro atoms. The van der Waals surface area contributed by atoms with Gasteiger partial charge in [-0.05, 0) is 126 Å². The van der Waals surface area contributed by atoms with Crippen LogP contribution in [0.2, 0.25) is 0 Å². The van der Waals surface area contributed by atoms with Crippen LogP contribution in [0.1, 0.15) is 87.0 Å². The first-order valence-electron chi connectivity index (χ1n) is 19.8. The number of aromatic amines is 4. The molecule has 0 saturated carbocycles. The van der Waals surface area contributed by atoms with Gasteiger partial charge >= 0.3 is 23.9 Å².